The van der Waals surface area contributed by atoms with Crippen molar-refractivity contribution in [2.75, 3.05) is 11.0 Å². The third kappa shape index (κ3) is 1.38. The Hall–Kier alpha value is 1.42. The van der Waals surface area contributed by atoms with Gasteiger partial charge in [0, 0.05) is 0 Å². The molecule has 0 bridgehead atoms. The van der Waals surface area contributed by atoms with E-state index in [1.807, 2.05) is 0 Å². The Morgan fingerprint density at radius 1 is 1.56 bits per heavy atom. The van der Waals surface area contributed by atoms with Crippen molar-refractivity contribution < 1.29 is 17.2 Å². The summed E-state index contributed by atoms with van der Waals surface area (Å²) in [6.07, 6.45) is 4.34. The summed E-state index contributed by atoms with van der Waals surface area (Å²) in [7, 11) is 0. The van der Waals surface area contributed by atoms with Crippen molar-refractivity contribution in [2.45, 2.75) is 20.7 Å². The van der Waals surface area contributed by atoms with Gasteiger partial charge in [-0.2, -0.15) is 0 Å². The number of alkyl halides is 3. The molecule has 3 heteroatoms. The third-order valence-electron chi connectivity index (χ3n) is 1.79. The van der Waals surface area contributed by atoms with Crippen LogP contribution in [0.3, 0.4) is 0 Å². The monoisotopic (exact) mass is 352 g/mol. The Labute approximate surface area is 69.8 Å². The van der Waals surface area contributed by atoms with E-state index in [9.17, 15) is 0 Å². The Kier molecular flexibility index (Phi) is 1.95. The topological polar surface area (TPSA) is 26.0 Å². The average Bonchev–Trinajstić information content (AvgIpc) is 2.54. The molecule has 2 aliphatic rings. The average molecular weight is 352 g/mol. The summed E-state index contributed by atoms with van der Waals surface area (Å²) in [5.41, 5.74) is 5.41. The molecule has 0 aromatic carbocycles. The van der Waals surface area contributed by atoms with Crippen LogP contribution in [0.4, 0.5) is 0 Å². The van der Waals surface area contributed by atoms with Crippen molar-refractivity contribution in [1.82, 2.24) is 0 Å². The van der Waals surface area contributed by atoms with E-state index in [2.05, 4.69) is 0 Å². The predicted molar refractivity (Wildman–Crippen MR) is 44.5 cm³/mol. The summed E-state index contributed by atoms with van der Waals surface area (Å²) >= 11 is 0.911. The zero-order valence-electron chi connectivity index (χ0n) is 5.37. The fourth-order valence-corrected chi connectivity index (χ4v) is 26.1. The second-order valence-electron chi connectivity index (χ2n) is 2.61. The molecular weight excluding hydrogens is 340 g/mol. The Morgan fingerprint density at radius 2 is 2.22 bits per heavy atom. The standard InChI is InChI=1S/C6H12I2N/c9-4-2-1-3-6-5-8(6)7-6/h1-5,9H2/q-1. The van der Waals surface area contributed by atoms with Gasteiger partial charge in [-0.05, 0) is 0 Å². The molecule has 2 rings (SSSR count). The first kappa shape index (κ1) is 7.09. The van der Waals surface area contributed by atoms with Crippen LogP contribution in [0.25, 0.3) is 0 Å². The van der Waals surface area contributed by atoms with Crippen LogP contribution in [0.5, 0.6) is 0 Å². The molecule has 0 aliphatic carbocycles. The zero-order chi connectivity index (χ0) is 6.32. The maximum atomic E-state index is 5.41. The van der Waals surface area contributed by atoms with Crippen LogP contribution in [-0.4, -0.2) is 12.4 Å². The van der Waals surface area contributed by atoms with E-state index in [1.165, 1.54) is 14.3 Å². The van der Waals surface area contributed by atoms with Crippen molar-refractivity contribution in [1.29, 1.82) is 0 Å². The Bertz CT molecular complexity index is 120. The van der Waals surface area contributed by atoms with E-state index in [-0.39, 0.29) is 15.8 Å². The van der Waals surface area contributed by atoms with E-state index in [1.54, 1.807) is 10.8 Å². The molecule has 1 atom stereocenters. The first-order valence-electron chi connectivity index (χ1n) is 3.40. The molecule has 1 nitrogen and oxygen atoms in total. The van der Waals surface area contributed by atoms with E-state index in [0.717, 1.165) is 23.8 Å². The van der Waals surface area contributed by atoms with Gasteiger partial charge >= 0.3 is 70.5 Å². The zero-order valence-corrected chi connectivity index (χ0v) is 9.68. The van der Waals surface area contributed by atoms with E-state index in [0.29, 0.717) is 0 Å². The first-order valence-corrected chi connectivity index (χ1v) is 13.4. The molecule has 56 valence electrons. The van der Waals surface area contributed by atoms with Gasteiger partial charge in [0.2, 0.25) is 0 Å². The number of hydrogen-bond acceptors (Lipinski definition) is 1. The number of fused-ring (bicyclic) bond motifs is 1. The number of halogens is 2. The van der Waals surface area contributed by atoms with Crippen LogP contribution < -0.4 is 23.0 Å². The summed E-state index contributed by atoms with van der Waals surface area (Å²) in [6.45, 7) is 0.919. The summed E-state index contributed by atoms with van der Waals surface area (Å²) < 4.78 is 2.94. The number of unbranched alkanes of at least 4 members (excludes halogenated alkanes) is 1. The van der Waals surface area contributed by atoms with Crippen LogP contribution in [0, 0.1) is 0 Å². The Balaban J connectivity index is 1.58. The molecule has 0 aromatic rings. The van der Waals surface area contributed by atoms with Gasteiger partial charge in [-0.1, -0.05) is 0 Å². The maximum absolute atomic E-state index is 5.41. The second kappa shape index (κ2) is 2.48. The summed E-state index contributed by atoms with van der Waals surface area (Å²) in [6, 6.07) is 0. The molecule has 1 unspecified atom stereocenters. The molecule has 0 aromatic heterocycles. The van der Waals surface area contributed by atoms with Gasteiger partial charge in [0.1, 0.15) is 0 Å². The molecular formula is C6H12I2N-. The first-order chi connectivity index (χ1) is 4.37. The molecule has 2 fully saturated rings. The van der Waals surface area contributed by atoms with Gasteiger partial charge in [0.15, 0.2) is 0 Å². The molecule has 2 heterocycles. The van der Waals surface area contributed by atoms with Gasteiger partial charge < -0.3 is 0 Å². The van der Waals surface area contributed by atoms with E-state index in [4.69, 9.17) is 5.73 Å². The van der Waals surface area contributed by atoms with Gasteiger partial charge in [-0.3, -0.25) is 0 Å². The number of rotatable bonds is 4. The molecule has 0 saturated carbocycles. The van der Waals surface area contributed by atoms with E-state index >= 15 is 0 Å². The molecule has 2 aliphatic heterocycles. The fraction of sp³-hybridized carbons (Fsp3) is 1.00. The number of hydrogen-bond donors (Lipinski definition) is 1. The molecule has 0 amide bonds. The van der Waals surface area contributed by atoms with Crippen molar-refractivity contribution in [2.24, 2.45) is 5.73 Å². The molecule has 2 saturated heterocycles. The molecule has 0 spiro atoms. The van der Waals surface area contributed by atoms with Crippen molar-refractivity contribution >= 4 is 15.8 Å². The number of nitrogens with two attached hydrogens (primary N) is 1. The van der Waals surface area contributed by atoms with Gasteiger partial charge in [-0.15, -0.1) is 0 Å². The van der Waals surface area contributed by atoms with Crippen LogP contribution in [0.2, 0.25) is 0 Å². The van der Waals surface area contributed by atoms with Gasteiger partial charge in [0.25, 0.3) is 0 Å². The normalized spacial score (nSPS) is 41.2. The van der Waals surface area contributed by atoms with Crippen LogP contribution in [-0.2, 0) is 0 Å². The minimum atomic E-state index is 0.0255. The summed E-state index contributed by atoms with van der Waals surface area (Å²) in [4.78, 5) is 0. The van der Waals surface area contributed by atoms with Gasteiger partial charge in [-0.25, -0.2) is 0 Å². The summed E-state index contributed by atoms with van der Waals surface area (Å²) in [5.74, 6) is 0. The van der Waals surface area contributed by atoms with E-state index < -0.39 is 0 Å². The summed E-state index contributed by atoms with van der Waals surface area (Å²) in [5, 5.41) is 0. The predicted octanol–water partition coefficient (Wildman–Crippen LogP) is -1.65. The van der Waals surface area contributed by atoms with Crippen LogP contribution in [0.15, 0.2) is 0 Å². The van der Waals surface area contributed by atoms with Crippen molar-refractivity contribution in [3.05, 3.63) is 0 Å². The quantitative estimate of drug-likeness (QED) is 0.366. The second-order valence-corrected chi connectivity index (χ2v) is 21.1. The molecule has 2 N–H and O–H groups in total. The molecule has 9 heavy (non-hydrogen) atoms. The van der Waals surface area contributed by atoms with Crippen molar-refractivity contribution in [3.63, 3.8) is 0 Å². The van der Waals surface area contributed by atoms with Crippen LogP contribution >= 0.6 is 15.8 Å². The van der Waals surface area contributed by atoms with Crippen molar-refractivity contribution in [3.8, 4) is 0 Å². The minimum absolute atomic E-state index is 0.0255. The molecule has 0 radical (unpaired) electrons. The third-order valence-corrected chi connectivity index (χ3v) is 25.6. The fourth-order valence-electron chi connectivity index (χ4n) is 1.02. The SMILES string of the molecule is NCCCCC12CI1[I-]2. The van der Waals surface area contributed by atoms with Crippen LogP contribution in [0.1, 0.15) is 19.3 Å². The Morgan fingerprint density at radius 3 is 2.67 bits per heavy atom. The van der Waals surface area contributed by atoms with Gasteiger partial charge in [0.05, 0.1) is 0 Å².